The molecule has 1 aromatic rings. The SMILES string of the molecule is CC(C)C1=C(C(=O)O)SC2=N[C@@](C)(c3ccc(Cl)cc3)[C@@H](C3C=C(F)C(Cl)=CC3)N21. The Kier molecular flexibility index (Phi) is 5.54. The van der Waals surface area contributed by atoms with E-state index in [-0.39, 0.29) is 27.8 Å². The maximum absolute atomic E-state index is 14.5. The lowest BCUT2D eigenvalue weighted by Crippen LogP contribution is -2.47. The van der Waals surface area contributed by atoms with Crippen molar-refractivity contribution < 1.29 is 14.3 Å². The number of carbonyl (C=O) groups is 1. The van der Waals surface area contributed by atoms with Crippen LogP contribution in [0, 0.1) is 11.8 Å². The van der Waals surface area contributed by atoms with Crippen LogP contribution in [0.5, 0.6) is 0 Å². The summed E-state index contributed by atoms with van der Waals surface area (Å²) in [6.07, 6.45) is 3.76. The molecule has 8 heteroatoms. The van der Waals surface area contributed by atoms with E-state index in [1.807, 2.05) is 49.9 Å². The van der Waals surface area contributed by atoms with E-state index in [0.717, 1.165) is 5.56 Å². The van der Waals surface area contributed by atoms with Crippen molar-refractivity contribution in [3.05, 3.63) is 68.5 Å². The average molecular weight is 467 g/mol. The van der Waals surface area contributed by atoms with E-state index in [0.29, 0.717) is 22.3 Å². The summed E-state index contributed by atoms with van der Waals surface area (Å²) in [6, 6.07) is 7.17. The van der Waals surface area contributed by atoms with Gasteiger partial charge in [0.05, 0.1) is 11.1 Å². The fraction of sp³-hybridized carbons (Fsp3) is 0.364. The number of hydrogen-bond donors (Lipinski definition) is 1. The number of aliphatic carboxylic acids is 1. The Balaban J connectivity index is 1.87. The average Bonchev–Trinajstić information content (AvgIpc) is 3.17. The number of benzene rings is 1. The smallest absolute Gasteiger partial charge is 0.344 e. The molecule has 0 saturated carbocycles. The predicted molar refractivity (Wildman–Crippen MR) is 120 cm³/mol. The van der Waals surface area contributed by atoms with Crippen LogP contribution in [0.4, 0.5) is 4.39 Å². The zero-order valence-corrected chi connectivity index (χ0v) is 19.0. The predicted octanol–water partition coefficient (Wildman–Crippen LogP) is 6.29. The third-order valence-electron chi connectivity index (χ3n) is 5.81. The van der Waals surface area contributed by atoms with Gasteiger partial charge in [0.1, 0.15) is 16.3 Å². The third kappa shape index (κ3) is 3.39. The molecule has 0 bridgehead atoms. The first-order valence-electron chi connectivity index (χ1n) is 9.67. The Morgan fingerprint density at radius 3 is 2.57 bits per heavy atom. The molecule has 1 N–H and O–H groups in total. The molecular formula is C22H21Cl2FN2O2S. The number of halogens is 3. The second-order valence-corrected chi connectivity index (χ2v) is 9.93. The molecule has 158 valence electrons. The van der Waals surface area contributed by atoms with Crippen LogP contribution in [-0.4, -0.2) is 27.2 Å². The topological polar surface area (TPSA) is 52.9 Å². The minimum absolute atomic E-state index is 0.0390. The van der Waals surface area contributed by atoms with Crippen LogP contribution in [0.3, 0.4) is 0 Å². The molecule has 0 amide bonds. The Morgan fingerprint density at radius 2 is 2.00 bits per heavy atom. The van der Waals surface area contributed by atoms with E-state index >= 15 is 0 Å². The molecule has 4 nitrogen and oxygen atoms in total. The number of carboxylic acid groups (broad SMARTS) is 1. The highest BCUT2D eigenvalue weighted by Crippen LogP contribution is 2.53. The first kappa shape index (κ1) is 21.5. The summed E-state index contributed by atoms with van der Waals surface area (Å²) in [4.78, 5) is 19.2. The molecule has 0 radical (unpaired) electrons. The van der Waals surface area contributed by atoms with Crippen molar-refractivity contribution >= 4 is 46.1 Å². The molecular weight excluding hydrogens is 446 g/mol. The van der Waals surface area contributed by atoms with Gasteiger partial charge in [0.25, 0.3) is 0 Å². The molecule has 1 aliphatic carbocycles. The largest absolute Gasteiger partial charge is 0.477 e. The summed E-state index contributed by atoms with van der Waals surface area (Å²) in [5.41, 5.74) is 0.938. The van der Waals surface area contributed by atoms with Gasteiger partial charge >= 0.3 is 5.97 Å². The summed E-state index contributed by atoms with van der Waals surface area (Å²) in [5, 5.41) is 11.1. The van der Waals surface area contributed by atoms with Gasteiger partial charge in [-0.05, 0) is 54.8 Å². The van der Waals surface area contributed by atoms with E-state index in [1.54, 1.807) is 12.2 Å². The van der Waals surface area contributed by atoms with E-state index in [4.69, 9.17) is 28.2 Å². The standard InChI is InChI=1S/C22H21Cl2FN2O2S/c1-11(2)17-18(20(28)29)30-21-26-22(3,13-5-7-14(23)8-6-13)19(27(17)21)12-4-9-15(24)16(25)10-12/h5-12,19H,4H2,1-3H3,(H,28,29)/t12?,19-,22+/m1/s1. The quantitative estimate of drug-likeness (QED) is 0.566. The summed E-state index contributed by atoms with van der Waals surface area (Å²) in [6.45, 7) is 5.94. The molecule has 1 aromatic carbocycles. The fourth-order valence-corrected chi connectivity index (χ4v) is 6.02. The number of amidine groups is 1. The first-order chi connectivity index (χ1) is 14.1. The normalized spacial score (nSPS) is 28.5. The number of nitrogens with zero attached hydrogens (tertiary/aromatic N) is 2. The molecule has 0 fully saturated rings. The van der Waals surface area contributed by atoms with Crippen LogP contribution < -0.4 is 0 Å². The lowest BCUT2D eigenvalue weighted by Gasteiger charge is -2.41. The maximum Gasteiger partial charge on any atom is 0.344 e. The number of aliphatic imine (C=N–C) groups is 1. The highest BCUT2D eigenvalue weighted by molar-refractivity contribution is 8.18. The zero-order valence-electron chi connectivity index (χ0n) is 16.7. The molecule has 3 atom stereocenters. The van der Waals surface area contributed by atoms with Crippen molar-refractivity contribution in [3.63, 3.8) is 0 Å². The number of rotatable bonds is 4. The monoisotopic (exact) mass is 466 g/mol. The highest BCUT2D eigenvalue weighted by Gasteiger charge is 2.54. The number of thioether (sulfide) groups is 1. The van der Waals surface area contributed by atoms with Gasteiger partial charge < -0.3 is 10.0 Å². The van der Waals surface area contributed by atoms with Crippen LogP contribution in [0.1, 0.15) is 32.8 Å². The second kappa shape index (κ2) is 7.74. The minimum Gasteiger partial charge on any atom is -0.477 e. The van der Waals surface area contributed by atoms with Crippen molar-refractivity contribution in [2.45, 2.75) is 38.8 Å². The number of allylic oxidation sites excluding steroid dienone is 4. The van der Waals surface area contributed by atoms with Gasteiger partial charge in [-0.3, -0.25) is 0 Å². The van der Waals surface area contributed by atoms with Crippen molar-refractivity contribution in [2.24, 2.45) is 16.8 Å². The second-order valence-electron chi connectivity index (χ2n) is 8.11. The number of hydrogen-bond acceptors (Lipinski definition) is 4. The fourth-order valence-electron chi connectivity index (χ4n) is 4.48. The van der Waals surface area contributed by atoms with Gasteiger partial charge in [-0.15, -0.1) is 0 Å². The van der Waals surface area contributed by atoms with Gasteiger partial charge in [-0.2, -0.15) is 0 Å². The van der Waals surface area contributed by atoms with E-state index in [2.05, 4.69) is 0 Å². The van der Waals surface area contributed by atoms with Crippen molar-refractivity contribution in [1.82, 2.24) is 4.90 Å². The Morgan fingerprint density at radius 1 is 1.33 bits per heavy atom. The molecule has 0 aromatic heterocycles. The van der Waals surface area contributed by atoms with Crippen LogP contribution >= 0.6 is 35.0 Å². The summed E-state index contributed by atoms with van der Waals surface area (Å²) in [7, 11) is 0. The van der Waals surface area contributed by atoms with E-state index in [9.17, 15) is 14.3 Å². The van der Waals surface area contributed by atoms with Gasteiger partial charge in [0, 0.05) is 16.6 Å². The first-order valence-corrected chi connectivity index (χ1v) is 11.2. The zero-order chi connectivity index (χ0) is 21.8. The Hall–Kier alpha value is -1.76. The molecule has 0 saturated heterocycles. The summed E-state index contributed by atoms with van der Waals surface area (Å²) < 4.78 is 14.5. The van der Waals surface area contributed by atoms with E-state index in [1.165, 1.54) is 11.8 Å². The molecule has 0 spiro atoms. The lowest BCUT2D eigenvalue weighted by molar-refractivity contribution is -0.131. The van der Waals surface area contributed by atoms with Crippen LogP contribution in [0.15, 0.2) is 62.9 Å². The van der Waals surface area contributed by atoms with Crippen molar-refractivity contribution in [1.29, 1.82) is 0 Å². The van der Waals surface area contributed by atoms with Gasteiger partial charge in [-0.25, -0.2) is 14.2 Å². The van der Waals surface area contributed by atoms with Gasteiger partial charge in [0.2, 0.25) is 0 Å². The van der Waals surface area contributed by atoms with Crippen molar-refractivity contribution in [2.75, 3.05) is 0 Å². The highest BCUT2D eigenvalue weighted by atomic mass is 35.5. The summed E-state index contributed by atoms with van der Waals surface area (Å²) >= 11 is 13.2. The summed E-state index contributed by atoms with van der Waals surface area (Å²) in [5.74, 6) is -1.71. The molecule has 3 aliphatic rings. The van der Waals surface area contributed by atoms with Gasteiger partial charge in [0.15, 0.2) is 5.17 Å². The number of fused-ring (bicyclic) bond motifs is 1. The lowest BCUT2D eigenvalue weighted by atomic mass is 9.76. The van der Waals surface area contributed by atoms with Crippen LogP contribution in [0.2, 0.25) is 5.02 Å². The molecule has 30 heavy (non-hydrogen) atoms. The molecule has 2 aliphatic heterocycles. The van der Waals surface area contributed by atoms with Crippen LogP contribution in [0.25, 0.3) is 0 Å². The Labute approximate surface area is 189 Å². The maximum atomic E-state index is 14.5. The Bertz CT molecular complexity index is 1030. The van der Waals surface area contributed by atoms with Crippen LogP contribution in [-0.2, 0) is 10.3 Å². The van der Waals surface area contributed by atoms with Gasteiger partial charge in [-0.1, -0.05) is 55.3 Å². The molecule has 2 heterocycles. The number of carboxylic acids is 1. The van der Waals surface area contributed by atoms with E-state index < -0.39 is 17.3 Å². The molecule has 4 rings (SSSR count). The third-order valence-corrected chi connectivity index (χ3v) is 7.45. The molecule has 1 unspecified atom stereocenters. The van der Waals surface area contributed by atoms with Crippen molar-refractivity contribution in [3.8, 4) is 0 Å². The minimum atomic E-state index is -0.971.